The van der Waals surface area contributed by atoms with Crippen LogP contribution in [0.4, 0.5) is 4.39 Å². The van der Waals surface area contributed by atoms with E-state index in [0.717, 1.165) is 0 Å². The molecule has 2 aromatic carbocycles. The minimum absolute atomic E-state index is 0.0530. The van der Waals surface area contributed by atoms with Gasteiger partial charge in [-0.2, -0.15) is 0 Å². The third-order valence-electron chi connectivity index (χ3n) is 2.33. The van der Waals surface area contributed by atoms with Gasteiger partial charge in [-0.3, -0.25) is 4.79 Å². The molecule has 0 saturated heterocycles. The van der Waals surface area contributed by atoms with E-state index in [9.17, 15) is 9.18 Å². The van der Waals surface area contributed by atoms with Gasteiger partial charge in [-0.1, -0.05) is 27.5 Å². The first-order valence-corrected chi connectivity index (χ1v) is 6.37. The molecule has 0 radical (unpaired) electrons. The van der Waals surface area contributed by atoms with Crippen LogP contribution >= 0.6 is 27.5 Å². The van der Waals surface area contributed by atoms with E-state index in [-0.39, 0.29) is 16.3 Å². The molecule has 98 valence electrons. The molecule has 0 fully saturated rings. The van der Waals surface area contributed by atoms with Gasteiger partial charge in [0.25, 0.3) is 0 Å². The van der Waals surface area contributed by atoms with Crippen LogP contribution in [0, 0.1) is 5.82 Å². The molecule has 0 bridgehead atoms. The molecule has 0 unspecified atom stereocenters. The maximum absolute atomic E-state index is 13.5. The average Bonchev–Trinajstić information content (AvgIpc) is 2.33. The quantitative estimate of drug-likeness (QED) is 0.910. The summed E-state index contributed by atoms with van der Waals surface area (Å²) in [6, 6.07) is 8.65. The van der Waals surface area contributed by atoms with E-state index < -0.39 is 11.7 Å². The highest BCUT2D eigenvalue weighted by Crippen LogP contribution is 2.30. The highest BCUT2D eigenvalue weighted by molar-refractivity contribution is 9.10. The lowest BCUT2D eigenvalue weighted by Crippen LogP contribution is -2.11. The number of ether oxygens (including phenoxy) is 1. The monoisotopic (exact) mass is 343 g/mol. The van der Waals surface area contributed by atoms with Gasteiger partial charge in [-0.05, 0) is 30.3 Å². The van der Waals surface area contributed by atoms with E-state index in [1.807, 2.05) is 0 Å². The molecule has 0 atom stereocenters. The van der Waals surface area contributed by atoms with Crippen molar-refractivity contribution in [3.63, 3.8) is 0 Å². The third-order valence-corrected chi connectivity index (χ3v) is 3.13. The Morgan fingerprint density at radius 1 is 1.26 bits per heavy atom. The van der Waals surface area contributed by atoms with Gasteiger partial charge in [-0.25, -0.2) is 4.39 Å². The highest BCUT2D eigenvalue weighted by Gasteiger charge is 2.10. The predicted octanol–water partition coefficient (Wildman–Crippen LogP) is 4.13. The Morgan fingerprint density at radius 2 is 2.00 bits per heavy atom. The summed E-state index contributed by atoms with van der Waals surface area (Å²) in [4.78, 5) is 11.0. The highest BCUT2D eigenvalue weighted by atomic mass is 79.9. The molecule has 0 heterocycles. The van der Waals surface area contributed by atoms with Crippen molar-refractivity contribution in [3.05, 3.63) is 57.3 Å². The fourth-order valence-corrected chi connectivity index (χ4v) is 2.05. The van der Waals surface area contributed by atoms with Crippen molar-refractivity contribution >= 4 is 33.4 Å². The number of hydrogen-bond acceptors (Lipinski definition) is 2. The smallest absolute Gasteiger partial charge is 0.250 e. The third kappa shape index (κ3) is 3.24. The number of primary amides is 1. The molecular formula is C13H8BrClFNO2. The number of carbonyl (C=O) groups is 1. The number of carbonyl (C=O) groups excluding carboxylic acids is 1. The SMILES string of the molecule is NC(=O)c1ccc(Oc2cc(Br)ccc2F)cc1Cl. The fourth-order valence-electron chi connectivity index (χ4n) is 1.44. The second-order valence-corrected chi connectivity index (χ2v) is 5.01. The molecule has 3 nitrogen and oxygen atoms in total. The van der Waals surface area contributed by atoms with Crippen LogP contribution in [0.15, 0.2) is 40.9 Å². The Bertz CT molecular complexity index is 649. The van der Waals surface area contributed by atoms with Crippen molar-refractivity contribution < 1.29 is 13.9 Å². The van der Waals surface area contributed by atoms with Gasteiger partial charge in [0.05, 0.1) is 10.6 Å². The number of benzene rings is 2. The Kier molecular flexibility index (Phi) is 4.07. The van der Waals surface area contributed by atoms with Crippen molar-refractivity contribution in [2.24, 2.45) is 5.73 Å². The number of halogens is 3. The molecule has 0 spiro atoms. The molecule has 0 aliphatic carbocycles. The van der Waals surface area contributed by atoms with Crippen LogP contribution in [0.1, 0.15) is 10.4 Å². The Hall–Kier alpha value is -1.59. The molecule has 0 aliphatic heterocycles. The second-order valence-electron chi connectivity index (χ2n) is 3.68. The van der Waals surface area contributed by atoms with Crippen LogP contribution in [0.3, 0.4) is 0 Å². The van der Waals surface area contributed by atoms with Gasteiger partial charge in [0, 0.05) is 10.5 Å². The zero-order chi connectivity index (χ0) is 14.0. The van der Waals surface area contributed by atoms with E-state index >= 15 is 0 Å². The molecule has 0 aliphatic rings. The molecule has 2 N–H and O–H groups in total. The molecule has 2 aromatic rings. The van der Waals surface area contributed by atoms with Crippen molar-refractivity contribution in [3.8, 4) is 11.5 Å². The van der Waals surface area contributed by atoms with Crippen molar-refractivity contribution in [1.82, 2.24) is 0 Å². The largest absolute Gasteiger partial charge is 0.454 e. The van der Waals surface area contributed by atoms with Gasteiger partial charge >= 0.3 is 0 Å². The molecule has 1 amide bonds. The van der Waals surface area contributed by atoms with Crippen LogP contribution in [0.2, 0.25) is 5.02 Å². The first-order valence-electron chi connectivity index (χ1n) is 5.19. The van der Waals surface area contributed by atoms with Gasteiger partial charge < -0.3 is 10.5 Å². The van der Waals surface area contributed by atoms with E-state index in [4.69, 9.17) is 22.1 Å². The lowest BCUT2D eigenvalue weighted by atomic mass is 10.2. The fraction of sp³-hybridized carbons (Fsp3) is 0. The summed E-state index contributed by atoms with van der Waals surface area (Å²) in [7, 11) is 0. The van der Waals surface area contributed by atoms with Gasteiger partial charge in [-0.15, -0.1) is 0 Å². The number of amides is 1. The zero-order valence-corrected chi connectivity index (χ0v) is 11.8. The van der Waals surface area contributed by atoms with Crippen LogP contribution < -0.4 is 10.5 Å². The van der Waals surface area contributed by atoms with Gasteiger partial charge in [0.1, 0.15) is 5.75 Å². The van der Waals surface area contributed by atoms with Crippen LogP contribution in [0.5, 0.6) is 11.5 Å². The predicted molar refractivity (Wildman–Crippen MR) is 74.1 cm³/mol. The number of hydrogen-bond donors (Lipinski definition) is 1. The second kappa shape index (κ2) is 5.59. The van der Waals surface area contributed by atoms with Crippen LogP contribution in [-0.4, -0.2) is 5.91 Å². The van der Waals surface area contributed by atoms with E-state index in [1.165, 1.54) is 30.3 Å². The van der Waals surface area contributed by atoms with Crippen molar-refractivity contribution in [2.45, 2.75) is 0 Å². The molecule has 0 aromatic heterocycles. The first kappa shape index (κ1) is 13.8. The molecule has 19 heavy (non-hydrogen) atoms. The van der Waals surface area contributed by atoms with E-state index in [0.29, 0.717) is 10.2 Å². The van der Waals surface area contributed by atoms with E-state index in [1.54, 1.807) is 6.07 Å². The minimum atomic E-state index is -0.634. The Balaban J connectivity index is 2.31. The Labute approximate surface area is 122 Å². The first-order chi connectivity index (χ1) is 8.97. The summed E-state index contributed by atoms with van der Waals surface area (Å²) in [5.74, 6) is -0.771. The lowest BCUT2D eigenvalue weighted by molar-refractivity contribution is 0.100. The Morgan fingerprint density at radius 3 is 2.63 bits per heavy atom. The summed E-state index contributed by atoms with van der Waals surface area (Å²) in [6.45, 7) is 0. The van der Waals surface area contributed by atoms with E-state index in [2.05, 4.69) is 15.9 Å². The summed E-state index contributed by atoms with van der Waals surface area (Å²) >= 11 is 9.10. The lowest BCUT2D eigenvalue weighted by Gasteiger charge is -2.08. The molecule has 2 rings (SSSR count). The molecule has 0 saturated carbocycles. The maximum Gasteiger partial charge on any atom is 0.250 e. The van der Waals surface area contributed by atoms with Crippen LogP contribution in [-0.2, 0) is 0 Å². The summed E-state index contributed by atoms with van der Waals surface area (Å²) in [6.07, 6.45) is 0. The van der Waals surface area contributed by atoms with Gasteiger partial charge in [0.2, 0.25) is 5.91 Å². The number of nitrogens with two attached hydrogens (primary N) is 1. The van der Waals surface area contributed by atoms with Gasteiger partial charge in [0.15, 0.2) is 11.6 Å². The molecular weight excluding hydrogens is 337 g/mol. The van der Waals surface area contributed by atoms with Crippen molar-refractivity contribution in [1.29, 1.82) is 0 Å². The minimum Gasteiger partial charge on any atom is -0.454 e. The van der Waals surface area contributed by atoms with Crippen LogP contribution in [0.25, 0.3) is 0 Å². The summed E-state index contributed by atoms with van der Waals surface area (Å²) < 4.78 is 19.6. The molecule has 6 heteroatoms. The summed E-state index contributed by atoms with van der Waals surface area (Å²) in [5, 5.41) is 0.153. The maximum atomic E-state index is 13.5. The standard InChI is InChI=1S/C13H8BrClFNO2/c14-7-1-4-11(16)12(5-7)19-8-2-3-9(13(17)18)10(15)6-8/h1-6H,(H2,17,18). The summed E-state index contributed by atoms with van der Waals surface area (Å²) in [5.41, 5.74) is 5.31. The average molecular weight is 345 g/mol. The normalized spacial score (nSPS) is 10.3. The topological polar surface area (TPSA) is 52.3 Å². The van der Waals surface area contributed by atoms with Crippen molar-refractivity contribution in [2.75, 3.05) is 0 Å². The number of rotatable bonds is 3. The zero-order valence-electron chi connectivity index (χ0n) is 9.49.